The fraction of sp³-hybridized carbons (Fsp3) is 0.0556. The summed E-state index contributed by atoms with van der Waals surface area (Å²) in [6.07, 6.45) is 1.41. The van der Waals surface area contributed by atoms with E-state index in [0.717, 1.165) is 17.0 Å². The number of hydrogen-bond donors (Lipinski definition) is 0. The number of imide groups is 1. The Kier molecular flexibility index (Phi) is 5.50. The summed E-state index contributed by atoms with van der Waals surface area (Å²) in [5.74, 6) is -1.20. The number of amides is 2. The van der Waals surface area contributed by atoms with Gasteiger partial charge in [-0.1, -0.05) is 0 Å². The molecule has 0 atom stereocenters. The first kappa shape index (κ1) is 19.9. The van der Waals surface area contributed by atoms with E-state index in [-0.39, 0.29) is 21.8 Å². The Morgan fingerprint density at radius 3 is 1.97 bits per heavy atom. The van der Waals surface area contributed by atoms with Crippen LogP contribution in [-0.4, -0.2) is 38.2 Å². The maximum Gasteiger partial charge on any atom is 0.293 e. The van der Waals surface area contributed by atoms with Crippen molar-refractivity contribution in [2.75, 3.05) is 6.54 Å². The van der Waals surface area contributed by atoms with Crippen molar-refractivity contribution in [2.24, 2.45) is 0 Å². The molecular weight excluding hydrogens is 402 g/mol. The monoisotopic (exact) mass is 413 g/mol. The minimum atomic E-state index is -0.659. The fourth-order valence-electron chi connectivity index (χ4n) is 2.48. The van der Waals surface area contributed by atoms with Gasteiger partial charge in [0.1, 0.15) is 0 Å². The van der Waals surface area contributed by atoms with Gasteiger partial charge in [0.05, 0.1) is 21.3 Å². The molecule has 1 saturated heterocycles. The lowest BCUT2D eigenvalue weighted by molar-refractivity contribution is -0.385. The quantitative estimate of drug-likeness (QED) is 0.303. The molecule has 10 nitrogen and oxygen atoms in total. The van der Waals surface area contributed by atoms with Crippen molar-refractivity contribution in [3.05, 3.63) is 84.8 Å². The Balaban J connectivity index is 1.73. The van der Waals surface area contributed by atoms with E-state index in [1.807, 2.05) is 0 Å². The molecule has 2 aromatic rings. The average molecular weight is 413 g/mol. The molecule has 29 heavy (non-hydrogen) atoms. The predicted octanol–water partition coefficient (Wildman–Crippen LogP) is 3.42. The Morgan fingerprint density at radius 2 is 1.45 bits per heavy atom. The summed E-state index contributed by atoms with van der Waals surface area (Å²) >= 11 is 0.654. The van der Waals surface area contributed by atoms with Gasteiger partial charge in [-0.2, -0.15) is 0 Å². The molecule has 1 heterocycles. The zero-order valence-corrected chi connectivity index (χ0v) is 15.3. The Hall–Kier alpha value is -3.86. The van der Waals surface area contributed by atoms with Crippen molar-refractivity contribution < 1.29 is 24.2 Å². The Labute approximate surface area is 167 Å². The first-order valence-electron chi connectivity index (χ1n) is 8.04. The minimum absolute atomic E-state index is 0.0837. The van der Waals surface area contributed by atoms with Crippen molar-refractivity contribution in [3.63, 3.8) is 0 Å². The third kappa shape index (κ3) is 4.35. The maximum atomic E-state index is 12.5. The number of thioether (sulfide) groups is 1. The lowest BCUT2D eigenvalue weighted by Crippen LogP contribution is -2.33. The molecule has 0 aliphatic carbocycles. The van der Waals surface area contributed by atoms with Gasteiger partial charge in [-0.25, -0.2) is 0 Å². The molecule has 146 valence electrons. The molecule has 0 radical (unpaired) electrons. The molecule has 1 aliphatic rings. The van der Waals surface area contributed by atoms with Crippen molar-refractivity contribution in [3.8, 4) is 0 Å². The number of ketones is 1. The summed E-state index contributed by atoms with van der Waals surface area (Å²) in [5, 5.41) is 20.7. The highest BCUT2D eigenvalue weighted by atomic mass is 32.2. The smallest absolute Gasteiger partial charge is 0.292 e. The first-order valence-corrected chi connectivity index (χ1v) is 8.85. The number of nitrogens with zero attached hydrogens (tertiary/aromatic N) is 3. The van der Waals surface area contributed by atoms with E-state index in [1.54, 1.807) is 0 Å². The van der Waals surface area contributed by atoms with Crippen LogP contribution in [-0.2, 0) is 4.79 Å². The van der Waals surface area contributed by atoms with Gasteiger partial charge in [0.2, 0.25) is 0 Å². The Bertz CT molecular complexity index is 1060. The second-order valence-electron chi connectivity index (χ2n) is 5.84. The lowest BCUT2D eigenvalue weighted by Gasteiger charge is -2.11. The van der Waals surface area contributed by atoms with Gasteiger partial charge in [0, 0.05) is 29.8 Å². The summed E-state index contributed by atoms with van der Waals surface area (Å²) in [6, 6.07) is 10.3. The number of benzene rings is 2. The highest BCUT2D eigenvalue weighted by Crippen LogP contribution is 2.32. The molecule has 0 N–H and O–H groups in total. The van der Waals surface area contributed by atoms with Crippen LogP contribution in [0.15, 0.2) is 53.4 Å². The van der Waals surface area contributed by atoms with E-state index in [9.17, 15) is 34.6 Å². The Morgan fingerprint density at radius 1 is 0.931 bits per heavy atom. The topological polar surface area (TPSA) is 141 Å². The number of hydrogen-bond acceptors (Lipinski definition) is 8. The molecule has 3 rings (SSSR count). The maximum absolute atomic E-state index is 12.5. The van der Waals surface area contributed by atoms with Gasteiger partial charge in [0.15, 0.2) is 5.78 Å². The standard InChI is InChI=1S/C18H11N3O7S/c22-15(12-3-7-14(8-4-12)21(27)28)10-19-17(23)16(29-18(19)24)9-11-1-5-13(6-2-11)20(25)26/h1-9H,10H2/b16-9+. The van der Waals surface area contributed by atoms with Crippen molar-refractivity contribution in [2.45, 2.75) is 0 Å². The predicted molar refractivity (Wildman–Crippen MR) is 103 cm³/mol. The van der Waals surface area contributed by atoms with Gasteiger partial charge in [0.25, 0.3) is 22.5 Å². The number of nitro benzene ring substituents is 2. The molecule has 2 amide bonds. The van der Waals surface area contributed by atoms with Gasteiger partial charge in [-0.15, -0.1) is 0 Å². The number of carbonyl (C=O) groups is 3. The summed E-state index contributed by atoms with van der Waals surface area (Å²) < 4.78 is 0. The largest absolute Gasteiger partial charge is 0.293 e. The van der Waals surface area contributed by atoms with Gasteiger partial charge < -0.3 is 0 Å². The van der Waals surface area contributed by atoms with Crippen molar-refractivity contribution in [1.29, 1.82) is 0 Å². The van der Waals surface area contributed by atoms with Crippen LogP contribution in [0.3, 0.4) is 0 Å². The fourth-order valence-corrected chi connectivity index (χ4v) is 3.32. The molecular formula is C18H11N3O7S. The number of Topliss-reactive ketones (excluding diaryl/α,β-unsaturated/α-hetero) is 1. The summed E-state index contributed by atoms with van der Waals surface area (Å²) in [4.78, 5) is 58.0. The molecule has 0 spiro atoms. The molecule has 1 fully saturated rings. The highest BCUT2D eigenvalue weighted by molar-refractivity contribution is 8.18. The third-order valence-corrected chi connectivity index (χ3v) is 4.88. The normalized spacial score (nSPS) is 15.0. The van der Waals surface area contributed by atoms with Crippen LogP contribution in [0, 0.1) is 20.2 Å². The number of rotatable bonds is 6. The molecule has 0 unspecified atom stereocenters. The van der Waals surface area contributed by atoms with Crippen molar-refractivity contribution in [1.82, 2.24) is 4.90 Å². The summed E-state index contributed by atoms with van der Waals surface area (Å²) in [5.41, 5.74) is 0.333. The van der Waals surface area contributed by atoms with Crippen LogP contribution in [0.2, 0.25) is 0 Å². The van der Waals surface area contributed by atoms with Crippen LogP contribution >= 0.6 is 11.8 Å². The summed E-state index contributed by atoms with van der Waals surface area (Å²) in [6.45, 7) is -0.500. The van der Waals surface area contributed by atoms with Gasteiger partial charge in [-0.05, 0) is 47.7 Å². The van der Waals surface area contributed by atoms with E-state index in [0.29, 0.717) is 17.3 Å². The van der Waals surface area contributed by atoms with Crippen LogP contribution < -0.4 is 0 Å². The van der Waals surface area contributed by atoms with E-state index in [1.165, 1.54) is 42.5 Å². The first-order chi connectivity index (χ1) is 13.8. The van der Waals surface area contributed by atoms with Crippen molar-refractivity contribution >= 4 is 46.1 Å². The zero-order chi connectivity index (χ0) is 21.1. The number of non-ortho nitro benzene ring substituents is 2. The van der Waals surface area contributed by atoms with Crippen LogP contribution in [0.5, 0.6) is 0 Å². The van der Waals surface area contributed by atoms with Gasteiger partial charge >= 0.3 is 0 Å². The van der Waals surface area contributed by atoms with E-state index in [2.05, 4.69) is 0 Å². The lowest BCUT2D eigenvalue weighted by atomic mass is 10.1. The molecule has 11 heteroatoms. The second kappa shape index (κ2) is 8.02. The minimum Gasteiger partial charge on any atom is -0.292 e. The van der Waals surface area contributed by atoms with Crippen LogP contribution in [0.4, 0.5) is 16.2 Å². The van der Waals surface area contributed by atoms with Crippen LogP contribution in [0.25, 0.3) is 6.08 Å². The average Bonchev–Trinajstić information content (AvgIpc) is 2.95. The summed E-state index contributed by atoms with van der Waals surface area (Å²) in [7, 11) is 0. The molecule has 0 saturated carbocycles. The molecule has 0 bridgehead atoms. The van der Waals surface area contributed by atoms with E-state index >= 15 is 0 Å². The van der Waals surface area contributed by atoms with Crippen LogP contribution in [0.1, 0.15) is 15.9 Å². The SMILES string of the molecule is O=C(CN1C(=O)S/C(=C/c2ccc([N+](=O)[O-])cc2)C1=O)c1ccc([N+](=O)[O-])cc1. The van der Waals surface area contributed by atoms with E-state index in [4.69, 9.17) is 0 Å². The second-order valence-corrected chi connectivity index (χ2v) is 6.84. The van der Waals surface area contributed by atoms with E-state index < -0.39 is 33.3 Å². The molecule has 0 aromatic heterocycles. The van der Waals surface area contributed by atoms with Gasteiger partial charge in [-0.3, -0.25) is 39.5 Å². The number of nitro groups is 2. The molecule has 1 aliphatic heterocycles. The third-order valence-electron chi connectivity index (χ3n) is 3.98. The molecule has 2 aromatic carbocycles. The number of carbonyl (C=O) groups excluding carboxylic acids is 3. The highest BCUT2D eigenvalue weighted by Gasteiger charge is 2.36. The zero-order valence-electron chi connectivity index (χ0n) is 14.5.